The number of nitrogens with one attached hydrogen (secondary N) is 1. The predicted octanol–water partition coefficient (Wildman–Crippen LogP) is 6.53. The molecule has 0 aliphatic heterocycles. The van der Waals surface area contributed by atoms with E-state index in [0.717, 1.165) is 30.5 Å². The van der Waals surface area contributed by atoms with Crippen LogP contribution in [0.15, 0.2) is 71.8 Å². The van der Waals surface area contributed by atoms with E-state index in [0.29, 0.717) is 44.7 Å². The Morgan fingerprint density at radius 1 is 0.925 bits per heavy atom. The topological polar surface area (TPSA) is 93.5 Å². The fourth-order valence-electron chi connectivity index (χ4n) is 4.94. The van der Waals surface area contributed by atoms with E-state index in [9.17, 15) is 10.1 Å². The lowest BCUT2D eigenvalue weighted by molar-refractivity contribution is -0.113. The number of methoxy groups -OCH3 is 3. The first-order valence-corrected chi connectivity index (χ1v) is 13.9. The summed E-state index contributed by atoms with van der Waals surface area (Å²) in [6.07, 6.45) is 3.28. The number of pyridine rings is 1. The molecule has 3 aromatic carbocycles. The first-order valence-electron chi connectivity index (χ1n) is 12.9. The van der Waals surface area contributed by atoms with Crippen molar-refractivity contribution in [3.05, 3.63) is 83.4 Å². The highest BCUT2D eigenvalue weighted by molar-refractivity contribution is 8.00. The van der Waals surface area contributed by atoms with Gasteiger partial charge in [0.05, 0.1) is 38.3 Å². The smallest absolute Gasteiger partial charge is 0.234 e. The summed E-state index contributed by atoms with van der Waals surface area (Å²) in [6.45, 7) is 0. The molecule has 4 aromatic rings. The van der Waals surface area contributed by atoms with Crippen LogP contribution in [0.5, 0.6) is 17.2 Å². The maximum absolute atomic E-state index is 12.9. The predicted molar refractivity (Wildman–Crippen MR) is 157 cm³/mol. The van der Waals surface area contributed by atoms with E-state index in [1.165, 1.54) is 22.9 Å². The monoisotopic (exact) mass is 551 g/mol. The van der Waals surface area contributed by atoms with E-state index in [-0.39, 0.29) is 11.7 Å². The zero-order valence-corrected chi connectivity index (χ0v) is 23.4. The summed E-state index contributed by atoms with van der Waals surface area (Å²) in [5.41, 5.74) is 6.74. The number of amides is 1. The third-order valence-corrected chi connectivity index (χ3v) is 7.84. The third kappa shape index (κ3) is 5.61. The summed E-state index contributed by atoms with van der Waals surface area (Å²) >= 11 is 1.24. The molecular weight excluding hydrogens is 522 g/mol. The molecule has 40 heavy (non-hydrogen) atoms. The van der Waals surface area contributed by atoms with Gasteiger partial charge in [-0.05, 0) is 66.3 Å². The van der Waals surface area contributed by atoms with Crippen LogP contribution in [0.25, 0.3) is 22.4 Å². The van der Waals surface area contributed by atoms with Crippen molar-refractivity contribution in [1.29, 1.82) is 5.26 Å². The molecule has 1 aromatic heterocycles. The Labute approximate surface area is 238 Å². The van der Waals surface area contributed by atoms with E-state index in [2.05, 4.69) is 23.5 Å². The molecule has 1 amide bonds. The number of thioether (sulfide) groups is 1. The molecule has 0 bridgehead atoms. The SMILES string of the molecule is COc1cc(-c2cc(-c3ccccc3)nc(SCC(=O)Nc3ccc4c(c3)CCC4)c2C#N)cc(OC)c1OC. The Morgan fingerprint density at radius 3 is 2.33 bits per heavy atom. The summed E-state index contributed by atoms with van der Waals surface area (Å²) in [7, 11) is 4.65. The Hall–Kier alpha value is -4.48. The third-order valence-electron chi connectivity index (χ3n) is 6.87. The molecular formula is C32H29N3O4S. The maximum atomic E-state index is 12.9. The lowest BCUT2D eigenvalue weighted by Crippen LogP contribution is -2.14. The van der Waals surface area contributed by atoms with Gasteiger partial charge in [0.2, 0.25) is 11.7 Å². The Balaban J connectivity index is 1.51. The van der Waals surface area contributed by atoms with Gasteiger partial charge in [-0.3, -0.25) is 4.79 Å². The van der Waals surface area contributed by atoms with E-state index in [1.54, 1.807) is 33.5 Å². The molecule has 0 radical (unpaired) electrons. The number of carbonyl (C=O) groups is 1. The van der Waals surface area contributed by atoms with Crippen LogP contribution in [0.4, 0.5) is 5.69 Å². The highest BCUT2D eigenvalue weighted by Gasteiger charge is 2.21. The number of nitrogens with zero attached hydrogens (tertiary/aromatic N) is 2. The molecule has 0 saturated heterocycles. The van der Waals surface area contributed by atoms with Crippen molar-refractivity contribution in [2.75, 3.05) is 32.4 Å². The molecule has 1 aliphatic carbocycles. The van der Waals surface area contributed by atoms with Crippen molar-refractivity contribution in [3.8, 4) is 45.7 Å². The number of fused-ring (bicyclic) bond motifs is 1. The van der Waals surface area contributed by atoms with E-state index in [4.69, 9.17) is 19.2 Å². The van der Waals surface area contributed by atoms with Gasteiger partial charge in [-0.15, -0.1) is 0 Å². The van der Waals surface area contributed by atoms with Crippen LogP contribution < -0.4 is 19.5 Å². The minimum absolute atomic E-state index is 0.103. The van der Waals surface area contributed by atoms with Gasteiger partial charge in [-0.1, -0.05) is 48.2 Å². The number of nitriles is 1. The second-order valence-corrected chi connectivity index (χ2v) is 10.3. The van der Waals surface area contributed by atoms with Crippen LogP contribution in [0.3, 0.4) is 0 Å². The van der Waals surface area contributed by atoms with Crippen LogP contribution >= 0.6 is 11.8 Å². The Kier molecular flexibility index (Phi) is 8.23. The second kappa shape index (κ2) is 12.1. The van der Waals surface area contributed by atoms with Crippen molar-refractivity contribution in [2.45, 2.75) is 24.3 Å². The number of aromatic nitrogens is 1. The van der Waals surface area contributed by atoms with Gasteiger partial charge in [0.15, 0.2) is 11.5 Å². The lowest BCUT2D eigenvalue weighted by atomic mass is 9.98. The Bertz CT molecular complexity index is 1570. The van der Waals surface area contributed by atoms with Gasteiger partial charge < -0.3 is 19.5 Å². The average molecular weight is 552 g/mol. The molecule has 7 nitrogen and oxygen atoms in total. The molecule has 1 aliphatic rings. The largest absolute Gasteiger partial charge is 0.493 e. The lowest BCUT2D eigenvalue weighted by Gasteiger charge is -2.16. The van der Waals surface area contributed by atoms with Crippen LogP contribution in [0.2, 0.25) is 0 Å². The summed E-state index contributed by atoms with van der Waals surface area (Å²) < 4.78 is 16.6. The fraction of sp³-hybridized carbons (Fsp3) is 0.219. The van der Waals surface area contributed by atoms with E-state index in [1.807, 2.05) is 42.5 Å². The average Bonchev–Trinajstić information content (AvgIpc) is 3.47. The first-order chi connectivity index (χ1) is 19.5. The molecule has 1 heterocycles. The number of ether oxygens (including phenoxy) is 3. The van der Waals surface area contributed by atoms with Crippen LogP contribution in [-0.4, -0.2) is 38.0 Å². The van der Waals surface area contributed by atoms with Crippen LogP contribution in [0, 0.1) is 11.3 Å². The molecule has 5 rings (SSSR count). The first kappa shape index (κ1) is 27.1. The molecule has 0 atom stereocenters. The molecule has 1 N–H and O–H groups in total. The number of anilines is 1. The van der Waals surface area contributed by atoms with Crippen molar-refractivity contribution >= 4 is 23.4 Å². The van der Waals surface area contributed by atoms with Gasteiger partial charge in [0, 0.05) is 16.8 Å². The number of aryl methyl sites for hydroxylation is 2. The molecule has 0 saturated carbocycles. The number of rotatable bonds is 9. The highest BCUT2D eigenvalue weighted by Crippen LogP contribution is 2.43. The van der Waals surface area contributed by atoms with Crippen molar-refractivity contribution in [2.24, 2.45) is 0 Å². The number of hydrogen-bond acceptors (Lipinski definition) is 7. The van der Waals surface area contributed by atoms with E-state index >= 15 is 0 Å². The fourth-order valence-corrected chi connectivity index (χ4v) is 5.74. The zero-order valence-electron chi connectivity index (χ0n) is 22.6. The molecule has 8 heteroatoms. The number of benzene rings is 3. The zero-order chi connectivity index (χ0) is 28.1. The van der Waals surface area contributed by atoms with Crippen molar-refractivity contribution in [3.63, 3.8) is 0 Å². The Morgan fingerprint density at radius 2 is 1.65 bits per heavy atom. The molecule has 0 unspecified atom stereocenters. The van der Waals surface area contributed by atoms with Crippen LogP contribution in [0.1, 0.15) is 23.1 Å². The van der Waals surface area contributed by atoms with Gasteiger partial charge in [-0.2, -0.15) is 5.26 Å². The normalized spacial score (nSPS) is 11.8. The van der Waals surface area contributed by atoms with Gasteiger partial charge >= 0.3 is 0 Å². The summed E-state index contributed by atoms with van der Waals surface area (Å²) in [5, 5.41) is 13.7. The minimum atomic E-state index is -0.159. The molecule has 0 spiro atoms. The van der Waals surface area contributed by atoms with Gasteiger partial charge in [0.1, 0.15) is 11.1 Å². The summed E-state index contributed by atoms with van der Waals surface area (Å²) in [5.74, 6) is 1.35. The standard InChI is InChI=1S/C32H29N3O4S/c1-37-28-15-23(16-29(38-2)31(28)39-3)25-17-27(21-8-5-4-6-9-21)35-32(26(25)18-33)40-19-30(36)34-24-13-12-20-10-7-11-22(20)14-24/h4-6,8-9,12-17H,7,10-11,19H2,1-3H3,(H,34,36). The highest BCUT2D eigenvalue weighted by atomic mass is 32.2. The van der Waals surface area contributed by atoms with Crippen LogP contribution in [-0.2, 0) is 17.6 Å². The summed E-state index contributed by atoms with van der Waals surface area (Å²) in [4.78, 5) is 17.8. The quantitative estimate of drug-likeness (QED) is 0.236. The van der Waals surface area contributed by atoms with Crippen molar-refractivity contribution < 1.29 is 19.0 Å². The minimum Gasteiger partial charge on any atom is -0.493 e. The second-order valence-electron chi connectivity index (χ2n) is 9.30. The summed E-state index contributed by atoms with van der Waals surface area (Å²) in [6, 6.07) is 23.6. The van der Waals surface area contributed by atoms with E-state index < -0.39 is 0 Å². The molecule has 202 valence electrons. The maximum Gasteiger partial charge on any atom is 0.234 e. The van der Waals surface area contributed by atoms with Gasteiger partial charge in [-0.25, -0.2) is 4.98 Å². The van der Waals surface area contributed by atoms with Crippen molar-refractivity contribution in [1.82, 2.24) is 4.98 Å². The number of hydrogen-bond donors (Lipinski definition) is 1. The molecule has 0 fully saturated rings. The number of carbonyl (C=O) groups excluding carboxylic acids is 1. The van der Waals surface area contributed by atoms with Gasteiger partial charge in [0.25, 0.3) is 0 Å².